The molecule has 0 spiro atoms. The standard InChI is InChI=1S/C17H22N4O3S2/c1-11-18-19-16(25-11)20-26(23,24)14-6-5-12-7-8-21(10-13(12)9-14)15(22)17(2,3)4/h5-6,9H,7-8,10H2,1-4H3,(H,19,20). The normalized spacial score (nSPS) is 14.8. The highest BCUT2D eigenvalue weighted by Crippen LogP contribution is 2.27. The van der Waals surface area contributed by atoms with Crippen molar-refractivity contribution < 1.29 is 13.2 Å². The van der Waals surface area contributed by atoms with E-state index in [1.807, 2.05) is 26.8 Å². The van der Waals surface area contributed by atoms with E-state index < -0.39 is 15.4 Å². The van der Waals surface area contributed by atoms with Crippen molar-refractivity contribution in [3.8, 4) is 0 Å². The summed E-state index contributed by atoms with van der Waals surface area (Å²) in [5.41, 5.74) is 1.48. The topological polar surface area (TPSA) is 92.3 Å². The lowest BCUT2D eigenvalue weighted by atomic mass is 9.92. The van der Waals surface area contributed by atoms with Gasteiger partial charge in [-0.15, -0.1) is 10.2 Å². The van der Waals surface area contributed by atoms with Gasteiger partial charge in [-0.05, 0) is 36.6 Å². The van der Waals surface area contributed by atoms with Crippen LogP contribution in [-0.4, -0.2) is 36.0 Å². The van der Waals surface area contributed by atoms with Crippen molar-refractivity contribution in [1.29, 1.82) is 0 Å². The number of fused-ring (bicyclic) bond motifs is 1. The van der Waals surface area contributed by atoms with Crippen molar-refractivity contribution in [2.75, 3.05) is 11.3 Å². The van der Waals surface area contributed by atoms with Crippen LogP contribution in [-0.2, 0) is 27.8 Å². The Morgan fingerprint density at radius 3 is 2.58 bits per heavy atom. The number of aromatic nitrogens is 2. The summed E-state index contributed by atoms with van der Waals surface area (Å²) >= 11 is 1.18. The van der Waals surface area contributed by atoms with E-state index in [0.717, 1.165) is 17.5 Å². The highest BCUT2D eigenvalue weighted by atomic mass is 32.2. The first-order chi connectivity index (χ1) is 12.1. The SMILES string of the molecule is Cc1nnc(NS(=O)(=O)c2ccc3c(c2)CN(C(=O)C(C)(C)C)CC3)s1. The Bertz CT molecular complexity index is 945. The number of amides is 1. The van der Waals surface area contributed by atoms with E-state index in [4.69, 9.17) is 0 Å². The molecule has 9 heteroatoms. The molecule has 1 aliphatic heterocycles. The summed E-state index contributed by atoms with van der Waals surface area (Å²) in [6.45, 7) is 8.50. The maximum absolute atomic E-state index is 12.6. The molecular weight excluding hydrogens is 372 g/mol. The number of anilines is 1. The number of nitrogens with one attached hydrogen (secondary N) is 1. The van der Waals surface area contributed by atoms with Crippen LogP contribution in [0.15, 0.2) is 23.1 Å². The molecule has 7 nitrogen and oxygen atoms in total. The molecule has 140 valence electrons. The van der Waals surface area contributed by atoms with Crippen LogP contribution < -0.4 is 4.72 Å². The predicted octanol–water partition coefficient (Wildman–Crippen LogP) is 2.58. The lowest BCUT2D eigenvalue weighted by Crippen LogP contribution is -2.42. The number of aryl methyl sites for hydroxylation is 1. The fourth-order valence-electron chi connectivity index (χ4n) is 2.86. The van der Waals surface area contributed by atoms with Gasteiger partial charge in [0.15, 0.2) is 0 Å². The number of rotatable bonds is 3. The second kappa shape index (κ2) is 6.62. The summed E-state index contributed by atoms with van der Waals surface area (Å²) in [7, 11) is -3.75. The molecule has 0 saturated carbocycles. The number of hydrogen-bond acceptors (Lipinski definition) is 6. The molecule has 1 aromatic heterocycles. The minimum Gasteiger partial charge on any atom is -0.338 e. The highest BCUT2D eigenvalue weighted by molar-refractivity contribution is 7.93. The molecule has 1 aliphatic rings. The molecule has 0 bridgehead atoms. The Labute approximate surface area is 157 Å². The van der Waals surface area contributed by atoms with Gasteiger partial charge in [0.05, 0.1) is 4.90 Å². The fraction of sp³-hybridized carbons (Fsp3) is 0.471. The zero-order valence-corrected chi connectivity index (χ0v) is 16.9. The summed E-state index contributed by atoms with van der Waals surface area (Å²) in [5, 5.41) is 8.54. The van der Waals surface area contributed by atoms with Crippen molar-refractivity contribution in [3.63, 3.8) is 0 Å². The summed E-state index contributed by atoms with van der Waals surface area (Å²) in [4.78, 5) is 14.5. The number of benzene rings is 1. The van der Waals surface area contributed by atoms with Crippen LogP contribution in [0.25, 0.3) is 0 Å². The van der Waals surface area contributed by atoms with E-state index in [1.54, 1.807) is 24.0 Å². The fourth-order valence-corrected chi connectivity index (χ4v) is 4.73. The zero-order chi connectivity index (χ0) is 19.1. The molecule has 2 aromatic rings. The van der Waals surface area contributed by atoms with Crippen molar-refractivity contribution in [3.05, 3.63) is 34.3 Å². The minimum absolute atomic E-state index is 0.0684. The van der Waals surface area contributed by atoms with Crippen LogP contribution in [0.5, 0.6) is 0 Å². The van der Waals surface area contributed by atoms with Gasteiger partial charge in [0.2, 0.25) is 11.0 Å². The second-order valence-corrected chi connectivity index (χ2v) is 10.3. The average Bonchev–Trinajstić information content (AvgIpc) is 2.96. The van der Waals surface area contributed by atoms with Crippen LogP contribution in [0.4, 0.5) is 5.13 Å². The lowest BCUT2D eigenvalue weighted by Gasteiger charge is -2.33. The van der Waals surface area contributed by atoms with E-state index in [9.17, 15) is 13.2 Å². The third kappa shape index (κ3) is 3.88. The average molecular weight is 395 g/mol. The Balaban J connectivity index is 1.85. The van der Waals surface area contributed by atoms with E-state index >= 15 is 0 Å². The number of carbonyl (C=O) groups is 1. The summed E-state index contributed by atoms with van der Waals surface area (Å²) < 4.78 is 27.7. The molecule has 2 heterocycles. The summed E-state index contributed by atoms with van der Waals surface area (Å²) in [6.07, 6.45) is 0.723. The van der Waals surface area contributed by atoms with Crippen LogP contribution in [0.1, 0.15) is 36.9 Å². The number of carbonyl (C=O) groups excluding carboxylic acids is 1. The number of hydrogen-bond donors (Lipinski definition) is 1. The first kappa shape index (κ1) is 18.8. The van der Waals surface area contributed by atoms with Gasteiger partial charge in [-0.1, -0.05) is 38.2 Å². The van der Waals surface area contributed by atoms with Crippen LogP contribution >= 0.6 is 11.3 Å². The molecule has 0 fully saturated rings. The van der Waals surface area contributed by atoms with Gasteiger partial charge in [0.25, 0.3) is 10.0 Å². The molecule has 1 aromatic carbocycles. The Morgan fingerprint density at radius 2 is 1.96 bits per heavy atom. The van der Waals surface area contributed by atoms with Crippen LogP contribution in [0.2, 0.25) is 0 Å². The smallest absolute Gasteiger partial charge is 0.263 e. The molecule has 1 N–H and O–H groups in total. The number of sulfonamides is 1. The van der Waals surface area contributed by atoms with E-state index in [0.29, 0.717) is 18.1 Å². The summed E-state index contributed by atoms with van der Waals surface area (Å²) in [5.74, 6) is 0.0684. The van der Waals surface area contributed by atoms with E-state index in [2.05, 4.69) is 14.9 Å². The first-order valence-electron chi connectivity index (χ1n) is 8.30. The van der Waals surface area contributed by atoms with Gasteiger partial charge < -0.3 is 4.90 Å². The van der Waals surface area contributed by atoms with Crippen molar-refractivity contribution in [2.24, 2.45) is 5.41 Å². The molecule has 3 rings (SSSR count). The second-order valence-electron chi connectivity index (χ2n) is 7.39. The molecule has 26 heavy (non-hydrogen) atoms. The van der Waals surface area contributed by atoms with Crippen molar-refractivity contribution in [1.82, 2.24) is 15.1 Å². The largest absolute Gasteiger partial charge is 0.338 e. The molecule has 0 aliphatic carbocycles. The third-order valence-corrected chi connectivity index (χ3v) is 6.40. The molecular formula is C17H22N4O3S2. The Morgan fingerprint density at radius 1 is 1.23 bits per heavy atom. The zero-order valence-electron chi connectivity index (χ0n) is 15.2. The van der Waals surface area contributed by atoms with E-state index in [-0.39, 0.29) is 15.9 Å². The van der Waals surface area contributed by atoms with Gasteiger partial charge >= 0.3 is 0 Å². The Kier molecular flexibility index (Phi) is 4.78. The highest BCUT2D eigenvalue weighted by Gasteiger charge is 2.30. The van der Waals surface area contributed by atoms with E-state index in [1.165, 1.54) is 11.3 Å². The van der Waals surface area contributed by atoms with Gasteiger partial charge in [0, 0.05) is 18.5 Å². The third-order valence-electron chi connectivity index (χ3n) is 4.18. The molecule has 0 radical (unpaired) electrons. The summed E-state index contributed by atoms with van der Waals surface area (Å²) in [6, 6.07) is 5.07. The van der Waals surface area contributed by atoms with Crippen molar-refractivity contribution >= 4 is 32.4 Å². The number of nitrogens with zero attached hydrogens (tertiary/aromatic N) is 3. The maximum Gasteiger partial charge on any atom is 0.263 e. The first-order valence-corrected chi connectivity index (χ1v) is 10.6. The maximum atomic E-state index is 12.6. The van der Waals surface area contributed by atoms with Crippen molar-refractivity contribution in [2.45, 2.75) is 45.6 Å². The molecule has 0 atom stereocenters. The van der Waals surface area contributed by atoms with Gasteiger partial charge in [0.1, 0.15) is 5.01 Å². The monoisotopic (exact) mass is 394 g/mol. The molecule has 0 unspecified atom stereocenters. The molecule has 0 saturated heterocycles. The van der Waals surface area contributed by atoms with Gasteiger partial charge in [-0.25, -0.2) is 8.42 Å². The minimum atomic E-state index is -3.75. The van der Waals surface area contributed by atoms with Gasteiger partial charge in [-0.3, -0.25) is 9.52 Å². The van der Waals surface area contributed by atoms with Crippen LogP contribution in [0, 0.1) is 12.3 Å². The van der Waals surface area contributed by atoms with Gasteiger partial charge in [-0.2, -0.15) is 0 Å². The Hall–Kier alpha value is -2.00. The molecule has 1 amide bonds. The van der Waals surface area contributed by atoms with Crippen LogP contribution in [0.3, 0.4) is 0 Å². The lowest BCUT2D eigenvalue weighted by molar-refractivity contribution is -0.140. The quantitative estimate of drug-likeness (QED) is 0.864. The predicted molar refractivity (Wildman–Crippen MR) is 100 cm³/mol.